The maximum absolute atomic E-state index is 10.5. The lowest BCUT2D eigenvalue weighted by Gasteiger charge is -2.32. The van der Waals surface area contributed by atoms with Gasteiger partial charge in [-0.25, -0.2) is 4.98 Å². The molecule has 0 bridgehead atoms. The Morgan fingerprint density at radius 3 is 2.69 bits per heavy atom. The average molecular weight is 203 g/mol. The SMILES string of the molecule is Cl.O=C(O)C1CC(n2ccnc2)C1. The van der Waals surface area contributed by atoms with Crippen LogP contribution in [0.1, 0.15) is 18.9 Å². The number of halogens is 1. The van der Waals surface area contributed by atoms with Crippen molar-refractivity contribution in [2.24, 2.45) is 5.92 Å². The Hall–Kier alpha value is -1.03. The molecular weight excluding hydrogens is 192 g/mol. The second-order valence-corrected chi connectivity index (χ2v) is 3.17. The first-order valence-corrected chi connectivity index (χ1v) is 3.97. The molecule has 0 spiro atoms. The molecule has 0 atom stereocenters. The van der Waals surface area contributed by atoms with E-state index in [2.05, 4.69) is 4.98 Å². The number of imidazole rings is 1. The summed E-state index contributed by atoms with van der Waals surface area (Å²) in [6.07, 6.45) is 6.82. The lowest BCUT2D eigenvalue weighted by atomic mass is 9.80. The van der Waals surface area contributed by atoms with Crippen LogP contribution in [0.15, 0.2) is 18.7 Å². The van der Waals surface area contributed by atoms with Crippen LogP contribution < -0.4 is 0 Å². The van der Waals surface area contributed by atoms with Crippen molar-refractivity contribution in [1.82, 2.24) is 9.55 Å². The molecule has 1 aliphatic carbocycles. The van der Waals surface area contributed by atoms with Crippen molar-refractivity contribution < 1.29 is 9.90 Å². The van der Waals surface area contributed by atoms with Crippen molar-refractivity contribution in [2.75, 3.05) is 0 Å². The minimum atomic E-state index is -0.675. The quantitative estimate of drug-likeness (QED) is 0.788. The van der Waals surface area contributed by atoms with Crippen molar-refractivity contribution in [1.29, 1.82) is 0 Å². The first-order valence-electron chi connectivity index (χ1n) is 3.97. The molecule has 0 unspecified atom stereocenters. The van der Waals surface area contributed by atoms with Gasteiger partial charge in [-0.3, -0.25) is 4.79 Å². The van der Waals surface area contributed by atoms with Gasteiger partial charge in [-0.1, -0.05) is 0 Å². The third-order valence-corrected chi connectivity index (χ3v) is 2.41. The normalized spacial score (nSPS) is 25.8. The van der Waals surface area contributed by atoms with E-state index in [1.54, 1.807) is 12.5 Å². The van der Waals surface area contributed by atoms with Gasteiger partial charge in [0.1, 0.15) is 0 Å². The monoisotopic (exact) mass is 202 g/mol. The van der Waals surface area contributed by atoms with E-state index in [1.165, 1.54) is 0 Å². The summed E-state index contributed by atoms with van der Waals surface area (Å²) in [6, 6.07) is 0.355. The summed E-state index contributed by atoms with van der Waals surface area (Å²) in [6.45, 7) is 0. The lowest BCUT2D eigenvalue weighted by Crippen LogP contribution is -2.31. The highest BCUT2D eigenvalue weighted by atomic mass is 35.5. The van der Waals surface area contributed by atoms with Crippen LogP contribution in [-0.4, -0.2) is 20.6 Å². The van der Waals surface area contributed by atoms with Crippen molar-refractivity contribution in [3.05, 3.63) is 18.7 Å². The number of aliphatic carboxylic acids is 1. The number of rotatable bonds is 2. The Labute approximate surface area is 82.0 Å². The number of hydrogen-bond acceptors (Lipinski definition) is 2. The summed E-state index contributed by atoms with van der Waals surface area (Å²) >= 11 is 0. The van der Waals surface area contributed by atoms with E-state index in [0.29, 0.717) is 6.04 Å². The molecule has 0 amide bonds. The van der Waals surface area contributed by atoms with E-state index in [0.717, 1.165) is 12.8 Å². The van der Waals surface area contributed by atoms with Gasteiger partial charge in [0.15, 0.2) is 0 Å². The van der Waals surface area contributed by atoms with Crippen LogP contribution in [0.25, 0.3) is 0 Å². The van der Waals surface area contributed by atoms with Crippen molar-refractivity contribution in [3.63, 3.8) is 0 Å². The van der Waals surface area contributed by atoms with Crippen LogP contribution in [0, 0.1) is 5.92 Å². The smallest absolute Gasteiger partial charge is 0.306 e. The van der Waals surface area contributed by atoms with E-state index in [4.69, 9.17) is 5.11 Å². The zero-order valence-electron chi connectivity index (χ0n) is 6.96. The fraction of sp³-hybridized carbons (Fsp3) is 0.500. The second-order valence-electron chi connectivity index (χ2n) is 3.17. The van der Waals surface area contributed by atoms with Gasteiger partial charge in [0.25, 0.3) is 0 Å². The number of nitrogens with zero attached hydrogens (tertiary/aromatic N) is 2. The molecule has 0 aliphatic heterocycles. The van der Waals surface area contributed by atoms with Gasteiger partial charge < -0.3 is 9.67 Å². The molecule has 1 aliphatic rings. The highest BCUT2D eigenvalue weighted by Gasteiger charge is 2.35. The number of hydrogen-bond donors (Lipinski definition) is 1. The maximum atomic E-state index is 10.5. The predicted octanol–water partition coefficient (Wildman–Crippen LogP) is 1.34. The largest absolute Gasteiger partial charge is 0.481 e. The summed E-state index contributed by atoms with van der Waals surface area (Å²) in [7, 11) is 0. The summed E-state index contributed by atoms with van der Waals surface area (Å²) < 4.78 is 1.97. The molecule has 0 radical (unpaired) electrons. The molecule has 4 nitrogen and oxygen atoms in total. The third-order valence-electron chi connectivity index (χ3n) is 2.41. The molecule has 1 saturated carbocycles. The van der Waals surface area contributed by atoms with Gasteiger partial charge in [-0.15, -0.1) is 12.4 Å². The number of carbonyl (C=O) groups is 1. The van der Waals surface area contributed by atoms with Crippen LogP contribution in [0.4, 0.5) is 0 Å². The third kappa shape index (κ3) is 1.83. The van der Waals surface area contributed by atoms with Crippen LogP contribution in [0.2, 0.25) is 0 Å². The van der Waals surface area contributed by atoms with Crippen LogP contribution >= 0.6 is 12.4 Å². The topological polar surface area (TPSA) is 55.1 Å². The molecule has 0 aromatic carbocycles. The molecule has 0 saturated heterocycles. The minimum absolute atomic E-state index is 0. The molecule has 1 fully saturated rings. The molecule has 1 N–H and O–H groups in total. The Morgan fingerprint density at radius 2 is 2.23 bits per heavy atom. The van der Waals surface area contributed by atoms with Gasteiger partial charge >= 0.3 is 5.97 Å². The molecule has 1 heterocycles. The minimum Gasteiger partial charge on any atom is -0.481 e. The fourth-order valence-electron chi connectivity index (χ4n) is 1.52. The number of carboxylic acids is 1. The molecule has 13 heavy (non-hydrogen) atoms. The Kier molecular flexibility index (Phi) is 2.93. The second kappa shape index (κ2) is 3.79. The zero-order chi connectivity index (χ0) is 8.55. The first-order chi connectivity index (χ1) is 5.77. The first kappa shape index (κ1) is 10.1. The van der Waals surface area contributed by atoms with Crippen LogP contribution in [0.3, 0.4) is 0 Å². The Morgan fingerprint density at radius 1 is 1.54 bits per heavy atom. The average Bonchev–Trinajstić information content (AvgIpc) is 2.34. The maximum Gasteiger partial charge on any atom is 0.306 e. The predicted molar refractivity (Wildman–Crippen MR) is 48.9 cm³/mol. The Balaban J connectivity index is 0.000000845. The Bertz CT molecular complexity index is 280. The van der Waals surface area contributed by atoms with Crippen molar-refractivity contribution in [2.45, 2.75) is 18.9 Å². The van der Waals surface area contributed by atoms with Gasteiger partial charge in [-0.05, 0) is 12.8 Å². The van der Waals surface area contributed by atoms with Crippen molar-refractivity contribution in [3.8, 4) is 0 Å². The lowest BCUT2D eigenvalue weighted by molar-refractivity contribution is -0.146. The molecule has 1 aromatic heterocycles. The van der Waals surface area contributed by atoms with E-state index >= 15 is 0 Å². The van der Waals surface area contributed by atoms with Gasteiger partial charge in [0.05, 0.1) is 12.2 Å². The highest BCUT2D eigenvalue weighted by Crippen LogP contribution is 2.37. The van der Waals surface area contributed by atoms with Gasteiger partial charge in [-0.2, -0.15) is 0 Å². The van der Waals surface area contributed by atoms with Crippen LogP contribution in [0.5, 0.6) is 0 Å². The fourth-order valence-corrected chi connectivity index (χ4v) is 1.52. The summed E-state index contributed by atoms with van der Waals surface area (Å²) in [5.41, 5.74) is 0. The van der Waals surface area contributed by atoms with E-state index in [-0.39, 0.29) is 18.3 Å². The van der Waals surface area contributed by atoms with Gasteiger partial charge in [0.2, 0.25) is 0 Å². The van der Waals surface area contributed by atoms with E-state index < -0.39 is 5.97 Å². The number of aromatic nitrogens is 2. The summed E-state index contributed by atoms with van der Waals surface area (Å²) in [5, 5.41) is 8.62. The van der Waals surface area contributed by atoms with Crippen LogP contribution in [-0.2, 0) is 4.79 Å². The van der Waals surface area contributed by atoms with Crippen molar-refractivity contribution >= 4 is 18.4 Å². The van der Waals surface area contributed by atoms with E-state index in [9.17, 15) is 4.79 Å². The molecule has 72 valence electrons. The molecule has 5 heteroatoms. The summed E-state index contributed by atoms with van der Waals surface area (Å²) in [4.78, 5) is 14.4. The molecular formula is C8H11ClN2O2. The number of carboxylic acid groups (broad SMARTS) is 1. The molecule has 1 aromatic rings. The molecule has 2 rings (SSSR count). The standard InChI is InChI=1S/C8H10N2O2.ClH/c11-8(12)6-3-7(4-6)10-2-1-9-5-10;/h1-2,5-7H,3-4H2,(H,11,12);1H. The highest BCUT2D eigenvalue weighted by molar-refractivity contribution is 5.85. The van der Waals surface area contributed by atoms with Gasteiger partial charge in [0, 0.05) is 18.4 Å². The summed E-state index contributed by atoms with van der Waals surface area (Å²) in [5.74, 6) is -0.816. The zero-order valence-corrected chi connectivity index (χ0v) is 7.78. The van der Waals surface area contributed by atoms with E-state index in [1.807, 2.05) is 10.8 Å².